The SMILES string of the molecule is CCCCS(=O)(=O)N1CCOC(NC(=O)c2cc3ccccc3s2)C1. The van der Waals surface area contributed by atoms with E-state index < -0.39 is 16.3 Å². The summed E-state index contributed by atoms with van der Waals surface area (Å²) < 4.78 is 32.6. The van der Waals surface area contributed by atoms with Gasteiger partial charge in [0.1, 0.15) is 6.23 Å². The molecule has 0 radical (unpaired) electrons. The molecular weight excluding hydrogens is 360 g/mol. The Morgan fingerprint density at radius 1 is 1.40 bits per heavy atom. The highest BCUT2D eigenvalue weighted by Gasteiger charge is 2.30. The summed E-state index contributed by atoms with van der Waals surface area (Å²) in [7, 11) is -3.29. The average Bonchev–Trinajstić information content (AvgIpc) is 3.04. The molecule has 8 heteroatoms. The fraction of sp³-hybridized carbons (Fsp3) is 0.471. The first-order valence-electron chi connectivity index (χ1n) is 8.38. The minimum Gasteiger partial charge on any atom is -0.356 e. The molecule has 2 aromatic rings. The lowest BCUT2D eigenvalue weighted by Crippen LogP contribution is -2.52. The minimum absolute atomic E-state index is 0.139. The van der Waals surface area contributed by atoms with Gasteiger partial charge in [-0.15, -0.1) is 11.3 Å². The maximum atomic E-state index is 12.5. The van der Waals surface area contributed by atoms with Crippen LogP contribution in [-0.4, -0.2) is 50.3 Å². The van der Waals surface area contributed by atoms with Crippen LogP contribution in [-0.2, 0) is 14.8 Å². The van der Waals surface area contributed by atoms with Gasteiger partial charge in [-0.1, -0.05) is 31.5 Å². The van der Waals surface area contributed by atoms with Gasteiger partial charge in [-0.05, 0) is 23.9 Å². The molecular formula is C17H22N2O4S2. The van der Waals surface area contributed by atoms with E-state index in [0.29, 0.717) is 17.8 Å². The van der Waals surface area contributed by atoms with Crippen molar-refractivity contribution in [1.82, 2.24) is 9.62 Å². The van der Waals surface area contributed by atoms with Gasteiger partial charge in [-0.2, -0.15) is 4.31 Å². The zero-order chi connectivity index (χ0) is 17.9. The molecule has 0 spiro atoms. The van der Waals surface area contributed by atoms with Crippen LogP contribution < -0.4 is 5.32 Å². The monoisotopic (exact) mass is 382 g/mol. The molecule has 1 aliphatic rings. The second kappa shape index (κ2) is 7.82. The van der Waals surface area contributed by atoms with E-state index in [1.807, 2.05) is 37.3 Å². The van der Waals surface area contributed by atoms with Crippen molar-refractivity contribution in [3.63, 3.8) is 0 Å². The van der Waals surface area contributed by atoms with Crippen molar-refractivity contribution in [2.24, 2.45) is 0 Å². The van der Waals surface area contributed by atoms with Crippen LogP contribution in [0.2, 0.25) is 0 Å². The van der Waals surface area contributed by atoms with E-state index in [1.54, 1.807) is 0 Å². The van der Waals surface area contributed by atoms with Crippen LogP contribution in [0.1, 0.15) is 29.4 Å². The van der Waals surface area contributed by atoms with Gasteiger partial charge in [0.25, 0.3) is 5.91 Å². The largest absolute Gasteiger partial charge is 0.356 e. The molecule has 2 heterocycles. The molecule has 1 aromatic carbocycles. The molecule has 1 atom stereocenters. The van der Waals surface area contributed by atoms with Gasteiger partial charge < -0.3 is 10.1 Å². The number of ether oxygens (including phenoxy) is 1. The first-order chi connectivity index (χ1) is 12.0. The Morgan fingerprint density at radius 2 is 2.20 bits per heavy atom. The molecule has 25 heavy (non-hydrogen) atoms. The van der Waals surface area contributed by atoms with Crippen LogP contribution in [0.15, 0.2) is 30.3 Å². The Balaban J connectivity index is 1.65. The van der Waals surface area contributed by atoms with Gasteiger partial charge in [0.15, 0.2) is 0 Å². The fourth-order valence-electron chi connectivity index (χ4n) is 2.73. The van der Waals surface area contributed by atoms with E-state index in [0.717, 1.165) is 16.5 Å². The minimum atomic E-state index is -3.29. The fourth-order valence-corrected chi connectivity index (χ4v) is 5.33. The van der Waals surface area contributed by atoms with Crippen molar-refractivity contribution in [2.75, 3.05) is 25.4 Å². The number of carbonyl (C=O) groups is 1. The summed E-state index contributed by atoms with van der Waals surface area (Å²) in [5.74, 6) is -0.0977. The van der Waals surface area contributed by atoms with Crippen LogP contribution >= 0.6 is 11.3 Å². The van der Waals surface area contributed by atoms with Gasteiger partial charge in [0.05, 0.1) is 23.8 Å². The molecule has 1 fully saturated rings. The highest BCUT2D eigenvalue weighted by molar-refractivity contribution is 7.89. The maximum Gasteiger partial charge on any atom is 0.263 e. The highest BCUT2D eigenvalue weighted by Crippen LogP contribution is 2.25. The number of thiophene rings is 1. The lowest BCUT2D eigenvalue weighted by Gasteiger charge is -2.32. The maximum absolute atomic E-state index is 12.5. The standard InChI is InChI=1S/C17H22N2O4S2/c1-2-3-10-25(21,22)19-8-9-23-16(12-19)18-17(20)15-11-13-6-4-5-7-14(13)24-15/h4-7,11,16H,2-3,8-10,12H2,1H3,(H,18,20). The second-order valence-electron chi connectivity index (χ2n) is 6.01. The third-order valence-electron chi connectivity index (χ3n) is 4.12. The predicted molar refractivity (Wildman–Crippen MR) is 99.3 cm³/mol. The third kappa shape index (κ3) is 4.38. The molecule has 1 saturated heterocycles. The lowest BCUT2D eigenvalue weighted by molar-refractivity contribution is -0.0171. The van der Waals surface area contributed by atoms with Crippen molar-refractivity contribution in [3.05, 3.63) is 35.2 Å². The number of sulfonamides is 1. The topological polar surface area (TPSA) is 75.7 Å². The first-order valence-corrected chi connectivity index (χ1v) is 10.8. The van der Waals surface area contributed by atoms with Crippen LogP contribution in [0, 0.1) is 0 Å². The Hall–Kier alpha value is -1.48. The van der Waals surface area contributed by atoms with Crippen molar-refractivity contribution in [3.8, 4) is 0 Å². The molecule has 3 rings (SSSR count). The summed E-state index contributed by atoms with van der Waals surface area (Å²) >= 11 is 1.41. The molecule has 136 valence electrons. The van der Waals surface area contributed by atoms with E-state index in [1.165, 1.54) is 15.6 Å². The molecule has 1 aromatic heterocycles. The van der Waals surface area contributed by atoms with Crippen molar-refractivity contribution < 1.29 is 17.9 Å². The van der Waals surface area contributed by atoms with Crippen molar-refractivity contribution in [2.45, 2.75) is 26.0 Å². The Morgan fingerprint density at radius 3 is 2.96 bits per heavy atom. The summed E-state index contributed by atoms with van der Waals surface area (Å²) in [4.78, 5) is 13.1. The number of benzene rings is 1. The molecule has 1 unspecified atom stereocenters. The summed E-state index contributed by atoms with van der Waals surface area (Å²) in [5.41, 5.74) is 0. The smallest absolute Gasteiger partial charge is 0.263 e. The summed E-state index contributed by atoms with van der Waals surface area (Å²) in [5, 5.41) is 3.82. The third-order valence-corrected chi connectivity index (χ3v) is 7.16. The molecule has 6 nitrogen and oxygen atoms in total. The Labute approximate surface area is 151 Å². The number of amides is 1. The van der Waals surface area contributed by atoms with Crippen LogP contribution in [0.5, 0.6) is 0 Å². The van der Waals surface area contributed by atoms with Crippen LogP contribution in [0.4, 0.5) is 0 Å². The predicted octanol–water partition coefficient (Wildman–Crippen LogP) is 2.42. The van der Waals surface area contributed by atoms with E-state index in [4.69, 9.17) is 4.74 Å². The molecule has 0 saturated carbocycles. The summed E-state index contributed by atoms with van der Waals surface area (Å²) in [6.07, 6.45) is 0.844. The van der Waals surface area contributed by atoms with Gasteiger partial charge in [0.2, 0.25) is 10.0 Å². The van der Waals surface area contributed by atoms with E-state index >= 15 is 0 Å². The van der Waals surface area contributed by atoms with Gasteiger partial charge in [0, 0.05) is 11.2 Å². The van der Waals surface area contributed by atoms with Gasteiger partial charge in [-0.25, -0.2) is 8.42 Å². The zero-order valence-electron chi connectivity index (χ0n) is 14.1. The second-order valence-corrected chi connectivity index (χ2v) is 9.18. The van der Waals surface area contributed by atoms with E-state index in [9.17, 15) is 13.2 Å². The van der Waals surface area contributed by atoms with E-state index in [-0.39, 0.29) is 24.8 Å². The highest BCUT2D eigenvalue weighted by atomic mass is 32.2. The molecule has 1 N–H and O–H groups in total. The number of unbranched alkanes of at least 4 members (excludes halogenated alkanes) is 1. The van der Waals surface area contributed by atoms with Crippen LogP contribution in [0.25, 0.3) is 10.1 Å². The lowest BCUT2D eigenvalue weighted by atomic mass is 10.2. The first kappa shape index (κ1) is 18.3. The Kier molecular flexibility index (Phi) is 5.73. The average molecular weight is 383 g/mol. The quantitative estimate of drug-likeness (QED) is 0.832. The molecule has 0 aliphatic carbocycles. The number of fused-ring (bicyclic) bond motifs is 1. The number of morpholine rings is 1. The summed E-state index contributed by atoms with van der Waals surface area (Å²) in [6, 6.07) is 9.63. The zero-order valence-corrected chi connectivity index (χ0v) is 15.7. The van der Waals surface area contributed by atoms with Crippen molar-refractivity contribution in [1.29, 1.82) is 0 Å². The Bertz CT molecular complexity index is 814. The molecule has 1 aliphatic heterocycles. The van der Waals surface area contributed by atoms with Crippen LogP contribution in [0.3, 0.4) is 0 Å². The number of carbonyl (C=O) groups excluding carboxylic acids is 1. The van der Waals surface area contributed by atoms with E-state index in [2.05, 4.69) is 5.32 Å². The summed E-state index contributed by atoms with van der Waals surface area (Å²) in [6.45, 7) is 2.73. The normalized spacial score (nSPS) is 19.2. The molecule has 1 amide bonds. The number of hydrogen-bond donors (Lipinski definition) is 1. The number of nitrogens with zero attached hydrogens (tertiary/aromatic N) is 1. The number of rotatable bonds is 6. The molecule has 0 bridgehead atoms. The van der Waals surface area contributed by atoms with Gasteiger partial charge in [-0.3, -0.25) is 4.79 Å². The van der Waals surface area contributed by atoms with Crippen molar-refractivity contribution >= 4 is 37.4 Å². The number of nitrogens with one attached hydrogen (secondary N) is 1. The number of hydrogen-bond acceptors (Lipinski definition) is 5. The van der Waals surface area contributed by atoms with Gasteiger partial charge >= 0.3 is 0 Å².